The first-order valence-corrected chi connectivity index (χ1v) is 8.64. The zero-order valence-electron chi connectivity index (χ0n) is 14.1. The Hall–Kier alpha value is -1.11. The molecular weight excluding hydrogens is 316 g/mol. The van der Waals surface area contributed by atoms with Crippen molar-refractivity contribution >= 4 is 17.5 Å². The van der Waals surface area contributed by atoms with Gasteiger partial charge in [-0.15, -0.1) is 0 Å². The Morgan fingerprint density at radius 3 is 2.61 bits per heavy atom. The average molecular weight is 341 g/mol. The first-order chi connectivity index (χ1) is 11.0. The van der Waals surface area contributed by atoms with E-state index in [0.717, 1.165) is 50.8 Å². The van der Waals surface area contributed by atoms with Crippen molar-refractivity contribution < 1.29 is 9.53 Å². The summed E-state index contributed by atoms with van der Waals surface area (Å²) in [6.07, 6.45) is 0. The van der Waals surface area contributed by atoms with E-state index in [0.29, 0.717) is 17.0 Å². The molecule has 0 radical (unpaired) electrons. The molecule has 0 saturated carbocycles. The van der Waals surface area contributed by atoms with E-state index in [2.05, 4.69) is 16.9 Å². The molecule has 2 aliphatic heterocycles. The highest BCUT2D eigenvalue weighted by Crippen LogP contribution is 2.24. The number of aryl methyl sites for hydroxylation is 1. The Kier molecular flexibility index (Phi) is 4.94. The van der Waals surface area contributed by atoms with Crippen molar-refractivity contribution in [3.63, 3.8) is 0 Å². The van der Waals surface area contributed by atoms with Gasteiger partial charge in [0.1, 0.15) is 6.54 Å². The molecule has 128 valence electrons. The summed E-state index contributed by atoms with van der Waals surface area (Å²) in [6, 6.07) is 0.437. The minimum atomic E-state index is 0.120. The van der Waals surface area contributed by atoms with Crippen molar-refractivity contribution in [2.45, 2.75) is 33.4 Å². The Morgan fingerprint density at radius 2 is 2.00 bits per heavy atom. The van der Waals surface area contributed by atoms with Gasteiger partial charge < -0.3 is 9.64 Å². The van der Waals surface area contributed by atoms with E-state index in [-0.39, 0.29) is 12.5 Å². The molecule has 2 fully saturated rings. The predicted molar refractivity (Wildman–Crippen MR) is 88.6 cm³/mol. The zero-order chi connectivity index (χ0) is 16.6. The summed E-state index contributed by atoms with van der Waals surface area (Å²) >= 11 is 6.16. The molecule has 0 N–H and O–H groups in total. The number of carbonyl (C=O) groups is 1. The van der Waals surface area contributed by atoms with Crippen LogP contribution in [0.2, 0.25) is 5.02 Å². The molecule has 1 aromatic heterocycles. The van der Waals surface area contributed by atoms with Crippen molar-refractivity contribution in [1.29, 1.82) is 0 Å². The molecule has 2 unspecified atom stereocenters. The Bertz CT molecular complexity index is 583. The maximum absolute atomic E-state index is 12.6. The molecule has 2 aliphatic rings. The van der Waals surface area contributed by atoms with E-state index in [1.165, 1.54) is 0 Å². The SMILES string of the molecule is Cc1nn(CC(=O)N2CC(C)C(N3CCOCC3)C2)c(C)c1Cl. The van der Waals surface area contributed by atoms with Crippen molar-refractivity contribution in [1.82, 2.24) is 19.6 Å². The highest BCUT2D eigenvalue weighted by atomic mass is 35.5. The number of hydrogen-bond donors (Lipinski definition) is 0. The van der Waals surface area contributed by atoms with Gasteiger partial charge >= 0.3 is 0 Å². The second kappa shape index (κ2) is 6.79. The maximum atomic E-state index is 12.6. The summed E-state index contributed by atoms with van der Waals surface area (Å²) in [6.45, 7) is 11.4. The molecule has 2 saturated heterocycles. The third-order valence-electron chi connectivity index (χ3n) is 5.02. The Morgan fingerprint density at radius 1 is 1.30 bits per heavy atom. The van der Waals surface area contributed by atoms with E-state index in [9.17, 15) is 4.79 Å². The molecule has 7 heteroatoms. The molecule has 0 bridgehead atoms. The molecular formula is C16H25ClN4O2. The molecule has 6 nitrogen and oxygen atoms in total. The number of rotatable bonds is 3. The van der Waals surface area contributed by atoms with Gasteiger partial charge in [0.25, 0.3) is 0 Å². The Balaban J connectivity index is 1.63. The van der Waals surface area contributed by atoms with Gasteiger partial charge in [-0.25, -0.2) is 0 Å². The lowest BCUT2D eigenvalue weighted by molar-refractivity contribution is -0.131. The first-order valence-electron chi connectivity index (χ1n) is 8.26. The number of nitrogens with zero attached hydrogens (tertiary/aromatic N) is 4. The molecule has 0 spiro atoms. The van der Waals surface area contributed by atoms with Gasteiger partial charge in [-0.1, -0.05) is 18.5 Å². The van der Waals surface area contributed by atoms with E-state index in [1.807, 2.05) is 18.7 Å². The van der Waals surface area contributed by atoms with Gasteiger partial charge in [0.15, 0.2) is 0 Å². The quantitative estimate of drug-likeness (QED) is 0.833. The van der Waals surface area contributed by atoms with Crippen LogP contribution in [0.4, 0.5) is 0 Å². The zero-order valence-corrected chi connectivity index (χ0v) is 14.8. The van der Waals surface area contributed by atoms with Crippen LogP contribution in [0.15, 0.2) is 0 Å². The van der Waals surface area contributed by atoms with Crippen molar-refractivity contribution in [2.75, 3.05) is 39.4 Å². The standard InChI is InChI=1S/C16H25ClN4O2/c1-11-8-20(9-14(11)19-4-6-23-7-5-19)15(22)10-21-13(3)16(17)12(2)18-21/h11,14H,4-10H2,1-3H3. The molecule has 3 heterocycles. The normalized spacial score (nSPS) is 26.0. The molecule has 23 heavy (non-hydrogen) atoms. The van der Waals surface area contributed by atoms with Crippen LogP contribution in [0, 0.1) is 19.8 Å². The third kappa shape index (κ3) is 3.39. The summed E-state index contributed by atoms with van der Waals surface area (Å²) in [5.41, 5.74) is 1.63. The summed E-state index contributed by atoms with van der Waals surface area (Å²) in [5.74, 6) is 0.607. The van der Waals surface area contributed by atoms with Gasteiger partial charge in [0, 0.05) is 32.2 Å². The highest BCUT2D eigenvalue weighted by Gasteiger charge is 2.36. The van der Waals surface area contributed by atoms with Gasteiger partial charge in [-0.3, -0.25) is 14.4 Å². The highest BCUT2D eigenvalue weighted by molar-refractivity contribution is 6.31. The van der Waals surface area contributed by atoms with Crippen LogP contribution >= 0.6 is 11.6 Å². The lowest BCUT2D eigenvalue weighted by atomic mass is 10.0. The summed E-state index contributed by atoms with van der Waals surface area (Å²) in [4.78, 5) is 17.1. The largest absolute Gasteiger partial charge is 0.379 e. The lowest BCUT2D eigenvalue weighted by Crippen LogP contribution is -2.47. The average Bonchev–Trinajstić information content (AvgIpc) is 3.05. The number of morpholine rings is 1. The summed E-state index contributed by atoms with van der Waals surface area (Å²) in [5, 5.41) is 5.01. The molecule has 3 rings (SSSR count). The number of halogens is 1. The Labute approximate surface area is 142 Å². The van der Waals surface area contributed by atoms with Crippen LogP contribution < -0.4 is 0 Å². The van der Waals surface area contributed by atoms with Crippen molar-refractivity contribution in [2.24, 2.45) is 5.92 Å². The van der Waals surface area contributed by atoms with E-state index in [1.54, 1.807) is 4.68 Å². The predicted octanol–water partition coefficient (Wildman–Crippen LogP) is 1.33. The minimum Gasteiger partial charge on any atom is -0.379 e. The topological polar surface area (TPSA) is 50.6 Å². The minimum absolute atomic E-state index is 0.120. The smallest absolute Gasteiger partial charge is 0.244 e. The fraction of sp³-hybridized carbons (Fsp3) is 0.750. The lowest BCUT2D eigenvalue weighted by Gasteiger charge is -2.34. The van der Waals surface area contributed by atoms with Crippen molar-refractivity contribution in [3.05, 3.63) is 16.4 Å². The van der Waals surface area contributed by atoms with Gasteiger partial charge in [0.2, 0.25) is 5.91 Å². The van der Waals surface area contributed by atoms with E-state index >= 15 is 0 Å². The molecule has 1 aromatic rings. The number of hydrogen-bond acceptors (Lipinski definition) is 4. The van der Waals surface area contributed by atoms with E-state index in [4.69, 9.17) is 16.3 Å². The fourth-order valence-corrected chi connectivity index (χ4v) is 3.73. The number of likely N-dealkylation sites (tertiary alicyclic amines) is 1. The van der Waals surface area contributed by atoms with Crippen LogP contribution in [-0.2, 0) is 16.1 Å². The summed E-state index contributed by atoms with van der Waals surface area (Å²) in [7, 11) is 0. The monoisotopic (exact) mass is 340 g/mol. The van der Waals surface area contributed by atoms with Gasteiger partial charge in [-0.05, 0) is 19.8 Å². The van der Waals surface area contributed by atoms with Crippen molar-refractivity contribution in [3.8, 4) is 0 Å². The second-order valence-corrected chi connectivity index (χ2v) is 7.01. The number of aromatic nitrogens is 2. The van der Waals surface area contributed by atoms with Gasteiger partial charge in [-0.2, -0.15) is 5.10 Å². The van der Waals surface area contributed by atoms with Gasteiger partial charge in [0.05, 0.1) is 29.6 Å². The second-order valence-electron chi connectivity index (χ2n) is 6.63. The fourth-order valence-electron chi connectivity index (χ4n) is 3.59. The maximum Gasteiger partial charge on any atom is 0.244 e. The molecule has 2 atom stereocenters. The number of ether oxygens (including phenoxy) is 1. The third-order valence-corrected chi connectivity index (χ3v) is 5.57. The van der Waals surface area contributed by atoms with Crippen LogP contribution in [0.3, 0.4) is 0 Å². The summed E-state index contributed by atoms with van der Waals surface area (Å²) < 4.78 is 7.14. The number of amides is 1. The first kappa shape index (κ1) is 16.7. The van der Waals surface area contributed by atoms with Crippen LogP contribution in [0.25, 0.3) is 0 Å². The van der Waals surface area contributed by atoms with Crippen LogP contribution in [0.1, 0.15) is 18.3 Å². The number of carbonyl (C=O) groups excluding carboxylic acids is 1. The molecule has 1 amide bonds. The molecule has 0 aliphatic carbocycles. The van der Waals surface area contributed by atoms with E-state index < -0.39 is 0 Å². The van der Waals surface area contributed by atoms with Crippen LogP contribution in [-0.4, -0.2) is 70.9 Å². The van der Waals surface area contributed by atoms with Crippen LogP contribution in [0.5, 0.6) is 0 Å². The molecule has 0 aromatic carbocycles.